The summed E-state index contributed by atoms with van der Waals surface area (Å²) >= 11 is 0. The molecule has 0 aliphatic carbocycles. The number of methoxy groups -OCH3 is 1. The molecule has 0 fully saturated rings. The first-order valence-corrected chi connectivity index (χ1v) is 12.0. The number of aliphatic hydroxyl groups is 1. The van der Waals surface area contributed by atoms with Gasteiger partial charge in [-0.25, -0.2) is 13.7 Å². The lowest BCUT2D eigenvalue weighted by molar-refractivity contribution is -0.00177. The van der Waals surface area contributed by atoms with Gasteiger partial charge >= 0.3 is 6.09 Å². The van der Waals surface area contributed by atoms with Crippen LogP contribution in [0, 0.1) is 11.3 Å². The summed E-state index contributed by atoms with van der Waals surface area (Å²) in [5.74, 6) is -0.567. The Morgan fingerprint density at radius 1 is 1.24 bits per heavy atom. The molecule has 0 unspecified atom stereocenters. The molecule has 3 aromatic heterocycles. The average Bonchev–Trinajstić information content (AvgIpc) is 3.29. The van der Waals surface area contributed by atoms with Crippen molar-refractivity contribution >= 4 is 23.2 Å². The lowest BCUT2D eigenvalue weighted by atomic mass is 10.0. The Kier molecular flexibility index (Phi) is 8.53. The van der Waals surface area contributed by atoms with E-state index in [1.807, 2.05) is 13.8 Å². The Morgan fingerprint density at radius 2 is 1.97 bits per heavy atom. The molecule has 12 heteroatoms. The maximum Gasteiger partial charge on any atom is 0.407 e. The Labute approximate surface area is 220 Å². The molecule has 11 nitrogen and oxygen atoms in total. The number of halogens is 1. The van der Waals surface area contributed by atoms with Gasteiger partial charge < -0.3 is 25.8 Å². The van der Waals surface area contributed by atoms with E-state index in [4.69, 9.17) is 5.26 Å². The van der Waals surface area contributed by atoms with Crippen molar-refractivity contribution < 1.29 is 23.8 Å². The summed E-state index contributed by atoms with van der Waals surface area (Å²) < 4.78 is 20.5. The fraction of sp³-hybridized carbons (Fsp3) is 0.423. The smallest absolute Gasteiger partial charge is 0.407 e. The van der Waals surface area contributed by atoms with Crippen molar-refractivity contribution in [2.24, 2.45) is 0 Å². The number of nitriles is 1. The fourth-order valence-corrected chi connectivity index (χ4v) is 3.60. The van der Waals surface area contributed by atoms with Gasteiger partial charge in [0.1, 0.15) is 12.2 Å². The summed E-state index contributed by atoms with van der Waals surface area (Å²) in [6.45, 7) is 6.31. The zero-order chi connectivity index (χ0) is 28.1. The summed E-state index contributed by atoms with van der Waals surface area (Å²) in [4.78, 5) is 29.0. The van der Waals surface area contributed by atoms with Crippen molar-refractivity contribution in [3.05, 3.63) is 47.8 Å². The van der Waals surface area contributed by atoms with Crippen LogP contribution in [0.2, 0.25) is 0 Å². The number of carbonyl (C=O) groups excluding carboxylic acids is 2. The summed E-state index contributed by atoms with van der Waals surface area (Å²) in [6, 6.07) is 9.04. The van der Waals surface area contributed by atoms with Gasteiger partial charge in [-0.1, -0.05) is 0 Å². The maximum atomic E-state index is 14.2. The molecule has 3 rings (SSSR count). The number of alkyl carbamates (subject to hydrolysis) is 1. The summed E-state index contributed by atoms with van der Waals surface area (Å²) in [5.41, 5.74) is 0.666. The summed E-state index contributed by atoms with van der Waals surface area (Å²) in [7, 11) is 1.29. The molecule has 0 spiro atoms. The van der Waals surface area contributed by atoms with Gasteiger partial charge in [0.25, 0.3) is 5.91 Å². The van der Waals surface area contributed by atoms with Crippen LogP contribution < -0.4 is 16.0 Å². The van der Waals surface area contributed by atoms with Crippen LogP contribution in [-0.2, 0) is 4.74 Å². The van der Waals surface area contributed by atoms with E-state index in [1.165, 1.54) is 33.4 Å². The molecule has 0 aliphatic heterocycles. The van der Waals surface area contributed by atoms with Gasteiger partial charge in [-0.05, 0) is 58.4 Å². The highest BCUT2D eigenvalue weighted by molar-refractivity contribution is 6.00. The lowest BCUT2D eigenvalue weighted by Crippen LogP contribution is -2.44. The second-order valence-corrected chi connectivity index (χ2v) is 10.0. The maximum absolute atomic E-state index is 14.2. The lowest BCUT2D eigenvalue weighted by Gasteiger charge is -2.26. The molecule has 0 aliphatic rings. The van der Waals surface area contributed by atoms with E-state index >= 15 is 0 Å². The third kappa shape index (κ3) is 6.95. The van der Waals surface area contributed by atoms with Crippen LogP contribution in [0.25, 0.3) is 16.9 Å². The average molecular weight is 526 g/mol. The standard InChI is InChI=1S/C26H32FN7O4/c1-25(2,33-24(36)38-5)8-9-29-19-11-20(21-7-6-17-10-16(12-28)13-32-34(17)21)30-14-18(19)23(35)31-15-22(27)26(3,4)37/h6-7,10-11,13-14,22,37H,8-9,15H2,1-5H3,(H,29,30)(H,31,35)(H,33,36)/t22-/m1/s1. The molecule has 0 aromatic carbocycles. The zero-order valence-corrected chi connectivity index (χ0v) is 22.0. The Hall–Kier alpha value is -4.24. The Balaban J connectivity index is 1.89. The largest absolute Gasteiger partial charge is 0.453 e. The minimum absolute atomic E-state index is 0.177. The van der Waals surface area contributed by atoms with Crippen LogP contribution >= 0.6 is 0 Å². The molecule has 0 saturated carbocycles. The molecule has 38 heavy (non-hydrogen) atoms. The van der Waals surface area contributed by atoms with E-state index in [1.54, 1.807) is 28.8 Å². The second kappa shape index (κ2) is 11.4. The predicted octanol–water partition coefficient (Wildman–Crippen LogP) is 3.04. The van der Waals surface area contributed by atoms with Gasteiger partial charge in [-0.15, -0.1) is 0 Å². The topological polar surface area (TPSA) is 154 Å². The van der Waals surface area contributed by atoms with E-state index < -0.39 is 29.3 Å². The highest BCUT2D eigenvalue weighted by atomic mass is 19.1. The predicted molar refractivity (Wildman–Crippen MR) is 139 cm³/mol. The van der Waals surface area contributed by atoms with Crippen molar-refractivity contribution in [2.45, 2.75) is 51.4 Å². The number of anilines is 1. The van der Waals surface area contributed by atoms with Gasteiger partial charge in [-0.2, -0.15) is 10.4 Å². The number of aromatic nitrogens is 3. The Bertz CT molecular complexity index is 1360. The minimum atomic E-state index is -1.67. The molecule has 4 N–H and O–H groups in total. The number of nitrogens with one attached hydrogen (secondary N) is 3. The van der Waals surface area contributed by atoms with E-state index in [9.17, 15) is 19.1 Å². The molecule has 3 aromatic rings. The van der Waals surface area contributed by atoms with Gasteiger partial charge in [0.15, 0.2) is 0 Å². The van der Waals surface area contributed by atoms with Crippen molar-refractivity contribution in [1.82, 2.24) is 25.2 Å². The van der Waals surface area contributed by atoms with Crippen molar-refractivity contribution in [3.63, 3.8) is 0 Å². The molecule has 0 saturated heterocycles. The summed E-state index contributed by atoms with van der Waals surface area (Å²) in [6.07, 6.45) is 1.09. The van der Waals surface area contributed by atoms with Crippen LogP contribution in [0.3, 0.4) is 0 Å². The third-order valence-corrected chi connectivity index (χ3v) is 5.94. The number of fused-ring (bicyclic) bond motifs is 1. The highest BCUT2D eigenvalue weighted by Gasteiger charge is 2.27. The zero-order valence-electron chi connectivity index (χ0n) is 22.0. The molecule has 0 radical (unpaired) electrons. The Morgan fingerprint density at radius 3 is 2.63 bits per heavy atom. The van der Waals surface area contributed by atoms with Gasteiger partial charge in [0.2, 0.25) is 0 Å². The summed E-state index contributed by atoms with van der Waals surface area (Å²) in [5, 5.41) is 31.8. The van der Waals surface area contributed by atoms with Gasteiger partial charge in [-0.3, -0.25) is 9.78 Å². The molecular weight excluding hydrogens is 493 g/mol. The number of amides is 2. The number of pyridine rings is 1. The number of ether oxygens (including phenoxy) is 1. The number of carbonyl (C=O) groups is 2. The van der Waals surface area contributed by atoms with E-state index in [0.29, 0.717) is 41.1 Å². The third-order valence-electron chi connectivity index (χ3n) is 5.94. The second-order valence-electron chi connectivity index (χ2n) is 10.0. The fourth-order valence-electron chi connectivity index (χ4n) is 3.60. The van der Waals surface area contributed by atoms with Crippen LogP contribution in [0.1, 0.15) is 50.0 Å². The van der Waals surface area contributed by atoms with Crippen LogP contribution in [0.15, 0.2) is 36.7 Å². The first kappa shape index (κ1) is 28.3. The monoisotopic (exact) mass is 525 g/mol. The van der Waals surface area contributed by atoms with E-state index in [-0.39, 0.29) is 12.1 Å². The van der Waals surface area contributed by atoms with Gasteiger partial charge in [0.05, 0.1) is 59.2 Å². The number of rotatable bonds is 10. The normalized spacial score (nSPS) is 12.5. The first-order chi connectivity index (χ1) is 17.8. The molecule has 202 valence electrons. The first-order valence-electron chi connectivity index (χ1n) is 12.0. The highest BCUT2D eigenvalue weighted by Crippen LogP contribution is 2.26. The number of nitrogens with zero attached hydrogens (tertiary/aromatic N) is 4. The molecular formula is C26H32FN7O4. The SMILES string of the molecule is COC(=O)NC(C)(C)CCNc1cc(-c2ccc3cc(C#N)cnn23)ncc1C(=O)NC[C@@H](F)C(C)(C)O. The molecule has 0 bridgehead atoms. The number of hydrogen-bond donors (Lipinski definition) is 4. The molecule has 3 heterocycles. The minimum Gasteiger partial charge on any atom is -0.453 e. The number of hydrogen-bond acceptors (Lipinski definition) is 8. The van der Waals surface area contributed by atoms with Gasteiger partial charge in [0, 0.05) is 18.3 Å². The quantitative estimate of drug-likeness (QED) is 0.315. The van der Waals surface area contributed by atoms with Crippen molar-refractivity contribution in [2.75, 3.05) is 25.5 Å². The van der Waals surface area contributed by atoms with E-state index in [2.05, 4.69) is 36.8 Å². The van der Waals surface area contributed by atoms with Crippen molar-refractivity contribution in [1.29, 1.82) is 5.26 Å². The molecule has 2 amide bonds. The number of alkyl halides is 1. The van der Waals surface area contributed by atoms with Crippen molar-refractivity contribution in [3.8, 4) is 17.5 Å². The van der Waals surface area contributed by atoms with Crippen LogP contribution in [-0.4, -0.2) is 69.2 Å². The van der Waals surface area contributed by atoms with Crippen LogP contribution in [0.5, 0.6) is 0 Å². The molecule has 1 atom stereocenters. The van der Waals surface area contributed by atoms with Crippen LogP contribution in [0.4, 0.5) is 14.9 Å². The van der Waals surface area contributed by atoms with E-state index in [0.717, 1.165) is 0 Å².